The summed E-state index contributed by atoms with van der Waals surface area (Å²) in [6.45, 7) is 3.88. The number of carbonyl (C=O) groups excluding carboxylic acids is 1. The number of aliphatic hydroxyl groups excluding tert-OH is 1. The fraction of sp³-hybridized carbons (Fsp3) is 0.269. The van der Waals surface area contributed by atoms with Gasteiger partial charge in [0.15, 0.2) is 6.10 Å². The van der Waals surface area contributed by atoms with Crippen molar-refractivity contribution < 1.29 is 14.6 Å². The molecule has 3 rings (SSSR count). The first-order chi connectivity index (χ1) is 14.7. The summed E-state index contributed by atoms with van der Waals surface area (Å²) in [5.74, 6) is -0.534. The lowest BCUT2D eigenvalue weighted by molar-refractivity contribution is -0.153. The van der Waals surface area contributed by atoms with Crippen LogP contribution in [0.25, 0.3) is 0 Å². The van der Waals surface area contributed by atoms with Gasteiger partial charge in [-0.1, -0.05) is 91.0 Å². The lowest BCUT2D eigenvalue weighted by atomic mass is 10.1. The Bertz CT molecular complexity index is 783. The summed E-state index contributed by atoms with van der Waals surface area (Å²) >= 11 is 0. The second kappa shape index (κ2) is 14.1. The summed E-state index contributed by atoms with van der Waals surface area (Å²) in [6.07, 6.45) is 0.0779. The summed E-state index contributed by atoms with van der Waals surface area (Å²) < 4.78 is 4.70. The van der Waals surface area contributed by atoms with Gasteiger partial charge >= 0.3 is 5.97 Å². The SMILES string of the molecule is CCOC(=O)[C@@H](O)CCc1ccccc1.c1ccc(CNCc2ccccc2)cc1. The van der Waals surface area contributed by atoms with Gasteiger partial charge in [0.1, 0.15) is 0 Å². The average Bonchev–Trinajstić information content (AvgIpc) is 2.80. The molecule has 4 nitrogen and oxygen atoms in total. The second-order valence-corrected chi connectivity index (χ2v) is 6.87. The first-order valence-corrected chi connectivity index (χ1v) is 10.4. The highest BCUT2D eigenvalue weighted by molar-refractivity contribution is 5.74. The van der Waals surface area contributed by atoms with Crippen molar-refractivity contribution in [2.24, 2.45) is 0 Å². The van der Waals surface area contributed by atoms with E-state index in [-0.39, 0.29) is 0 Å². The number of ether oxygens (including phenoxy) is 1. The van der Waals surface area contributed by atoms with Crippen molar-refractivity contribution in [3.63, 3.8) is 0 Å². The number of hydrogen-bond acceptors (Lipinski definition) is 4. The fourth-order valence-electron chi connectivity index (χ4n) is 2.85. The lowest BCUT2D eigenvalue weighted by Gasteiger charge is -2.09. The number of rotatable bonds is 9. The minimum atomic E-state index is -1.01. The molecule has 0 amide bonds. The lowest BCUT2D eigenvalue weighted by Crippen LogP contribution is -2.23. The highest BCUT2D eigenvalue weighted by Gasteiger charge is 2.15. The molecule has 3 aromatic carbocycles. The maximum Gasteiger partial charge on any atom is 0.334 e. The molecular formula is C26H31NO3. The zero-order chi connectivity index (χ0) is 21.4. The molecule has 0 saturated heterocycles. The Morgan fingerprint density at radius 3 is 1.67 bits per heavy atom. The van der Waals surface area contributed by atoms with E-state index in [1.54, 1.807) is 6.92 Å². The van der Waals surface area contributed by atoms with Crippen LogP contribution >= 0.6 is 0 Å². The number of nitrogens with one attached hydrogen (secondary N) is 1. The smallest absolute Gasteiger partial charge is 0.334 e. The van der Waals surface area contributed by atoms with E-state index in [1.165, 1.54) is 11.1 Å². The second-order valence-electron chi connectivity index (χ2n) is 6.87. The molecule has 0 aromatic heterocycles. The van der Waals surface area contributed by atoms with Crippen LogP contribution in [0.15, 0.2) is 91.0 Å². The Hall–Kier alpha value is -2.95. The third-order valence-electron chi connectivity index (χ3n) is 4.45. The van der Waals surface area contributed by atoms with Gasteiger partial charge in [0.25, 0.3) is 0 Å². The van der Waals surface area contributed by atoms with E-state index >= 15 is 0 Å². The van der Waals surface area contributed by atoms with Crippen LogP contribution in [0, 0.1) is 0 Å². The van der Waals surface area contributed by atoms with Crippen LogP contribution in [0.5, 0.6) is 0 Å². The van der Waals surface area contributed by atoms with Crippen LogP contribution in [0.4, 0.5) is 0 Å². The third kappa shape index (κ3) is 9.50. The van der Waals surface area contributed by atoms with Gasteiger partial charge in [0.05, 0.1) is 6.61 Å². The Balaban J connectivity index is 0.000000214. The third-order valence-corrected chi connectivity index (χ3v) is 4.45. The molecule has 158 valence electrons. The summed E-state index contributed by atoms with van der Waals surface area (Å²) in [7, 11) is 0. The van der Waals surface area contributed by atoms with Gasteiger partial charge in [-0.05, 0) is 36.5 Å². The van der Waals surface area contributed by atoms with Gasteiger partial charge in [-0.2, -0.15) is 0 Å². The molecule has 2 N–H and O–H groups in total. The number of hydrogen-bond donors (Lipinski definition) is 2. The Kier molecular flexibility index (Phi) is 11.0. The van der Waals surface area contributed by atoms with E-state index in [2.05, 4.69) is 53.8 Å². The molecule has 0 spiro atoms. The van der Waals surface area contributed by atoms with Crippen molar-refractivity contribution >= 4 is 5.97 Å². The van der Waals surface area contributed by atoms with Crippen LogP contribution in [0.1, 0.15) is 30.0 Å². The van der Waals surface area contributed by atoms with Crippen molar-refractivity contribution in [1.29, 1.82) is 0 Å². The minimum Gasteiger partial charge on any atom is -0.464 e. The first kappa shape index (κ1) is 23.3. The van der Waals surface area contributed by atoms with E-state index in [4.69, 9.17) is 4.74 Å². The summed E-state index contributed by atoms with van der Waals surface area (Å²) in [5.41, 5.74) is 3.77. The zero-order valence-corrected chi connectivity index (χ0v) is 17.5. The Labute approximate surface area is 179 Å². The minimum absolute atomic E-state index is 0.307. The summed E-state index contributed by atoms with van der Waals surface area (Å²) in [5, 5.41) is 12.9. The van der Waals surface area contributed by atoms with Gasteiger partial charge in [0.2, 0.25) is 0 Å². The van der Waals surface area contributed by atoms with E-state index in [0.717, 1.165) is 18.7 Å². The monoisotopic (exact) mass is 405 g/mol. The van der Waals surface area contributed by atoms with Gasteiger partial charge in [-0.3, -0.25) is 0 Å². The Morgan fingerprint density at radius 2 is 1.23 bits per heavy atom. The molecule has 4 heteroatoms. The van der Waals surface area contributed by atoms with Crippen molar-refractivity contribution in [2.45, 2.75) is 39.0 Å². The molecule has 0 saturated carbocycles. The molecule has 3 aromatic rings. The van der Waals surface area contributed by atoms with Gasteiger partial charge in [-0.25, -0.2) is 4.79 Å². The largest absolute Gasteiger partial charge is 0.464 e. The standard InChI is InChI=1S/C14H15N.C12H16O3/c1-3-7-13(8-4-1)11-15-12-14-9-5-2-6-10-14;1-2-15-12(14)11(13)9-8-10-6-4-3-5-7-10/h1-10,15H,11-12H2;3-7,11,13H,2,8-9H2,1H3/t;11-/m.0/s1. The first-order valence-electron chi connectivity index (χ1n) is 10.4. The number of aryl methyl sites for hydroxylation is 1. The number of esters is 1. The molecule has 0 aliphatic rings. The molecule has 0 aliphatic carbocycles. The summed E-state index contributed by atoms with van der Waals surface area (Å²) in [4.78, 5) is 11.1. The van der Waals surface area contributed by atoms with Crippen molar-refractivity contribution in [2.75, 3.05) is 6.61 Å². The van der Waals surface area contributed by atoms with E-state index in [0.29, 0.717) is 19.4 Å². The zero-order valence-electron chi connectivity index (χ0n) is 17.5. The highest BCUT2D eigenvalue weighted by Crippen LogP contribution is 2.06. The molecule has 0 bridgehead atoms. The maximum absolute atomic E-state index is 11.1. The van der Waals surface area contributed by atoms with Crippen molar-refractivity contribution in [3.05, 3.63) is 108 Å². The topological polar surface area (TPSA) is 58.6 Å². The van der Waals surface area contributed by atoms with Crippen molar-refractivity contribution in [3.8, 4) is 0 Å². The normalized spacial score (nSPS) is 11.1. The Morgan fingerprint density at radius 1 is 0.800 bits per heavy atom. The molecule has 0 heterocycles. The maximum atomic E-state index is 11.1. The fourth-order valence-corrected chi connectivity index (χ4v) is 2.85. The molecule has 0 unspecified atom stereocenters. The van der Waals surface area contributed by atoms with Crippen LogP contribution in [0.3, 0.4) is 0 Å². The molecule has 0 radical (unpaired) electrons. The summed E-state index contributed by atoms with van der Waals surface area (Å²) in [6, 6.07) is 30.7. The molecule has 0 aliphatic heterocycles. The quantitative estimate of drug-likeness (QED) is 0.514. The van der Waals surface area contributed by atoms with Crippen LogP contribution in [-0.4, -0.2) is 23.8 Å². The number of carbonyl (C=O) groups is 1. The number of benzene rings is 3. The van der Waals surface area contributed by atoms with Crippen molar-refractivity contribution in [1.82, 2.24) is 5.32 Å². The molecule has 0 fully saturated rings. The van der Waals surface area contributed by atoms with E-state index in [9.17, 15) is 9.90 Å². The average molecular weight is 406 g/mol. The molecule has 30 heavy (non-hydrogen) atoms. The molecule has 1 atom stereocenters. The van der Waals surface area contributed by atoms with Crippen LogP contribution in [0.2, 0.25) is 0 Å². The predicted octanol–water partition coefficient (Wildman–Crippen LogP) is 4.52. The van der Waals surface area contributed by atoms with E-state index in [1.807, 2.05) is 42.5 Å². The van der Waals surface area contributed by atoms with E-state index < -0.39 is 12.1 Å². The van der Waals surface area contributed by atoms with Gasteiger partial charge < -0.3 is 15.2 Å². The van der Waals surface area contributed by atoms with Gasteiger partial charge in [-0.15, -0.1) is 0 Å². The predicted molar refractivity (Wildman–Crippen MR) is 121 cm³/mol. The number of aliphatic hydroxyl groups is 1. The molecular weight excluding hydrogens is 374 g/mol. The van der Waals surface area contributed by atoms with Crippen LogP contribution < -0.4 is 5.32 Å². The van der Waals surface area contributed by atoms with Crippen LogP contribution in [-0.2, 0) is 29.0 Å². The highest BCUT2D eigenvalue weighted by atomic mass is 16.5. The van der Waals surface area contributed by atoms with Gasteiger partial charge in [0, 0.05) is 13.1 Å².